The third kappa shape index (κ3) is 29.2. The SMILES string of the molecule is C=C(C)/C=C\C(=C/CC)N1CC(CN(C)CCC(C)C)C1.CC.CC.CC.CC.CCC1CCCCC1.CNCCc1ccccc1CC1CCCC1. The number of nitrogens with one attached hydrogen (secondary N) is 1. The first kappa shape index (κ1) is 55.5. The van der Waals surface area contributed by atoms with Crippen LogP contribution in [0.15, 0.2) is 60.3 Å². The van der Waals surface area contributed by atoms with Crippen molar-refractivity contribution < 1.29 is 0 Å². The molecule has 3 heteroatoms. The van der Waals surface area contributed by atoms with Gasteiger partial charge in [0.1, 0.15) is 0 Å². The van der Waals surface area contributed by atoms with E-state index in [2.05, 4.69) is 98.9 Å². The molecule has 312 valence electrons. The van der Waals surface area contributed by atoms with Crippen molar-refractivity contribution in [1.82, 2.24) is 15.1 Å². The molecule has 4 rings (SSSR count). The Morgan fingerprint density at radius 1 is 0.811 bits per heavy atom. The number of benzene rings is 1. The minimum atomic E-state index is 0.803. The fraction of sp³-hybridized carbons (Fsp3) is 0.760. The third-order valence-electron chi connectivity index (χ3n) is 9.98. The van der Waals surface area contributed by atoms with Crippen molar-refractivity contribution in [1.29, 1.82) is 0 Å². The molecule has 0 radical (unpaired) electrons. The van der Waals surface area contributed by atoms with Crippen LogP contribution < -0.4 is 5.32 Å². The van der Waals surface area contributed by atoms with Gasteiger partial charge in [0, 0.05) is 31.2 Å². The third-order valence-corrected chi connectivity index (χ3v) is 9.98. The molecule has 0 unspecified atom stereocenters. The Hall–Kier alpha value is -1.84. The van der Waals surface area contributed by atoms with Crippen LogP contribution in [0.25, 0.3) is 0 Å². The molecule has 0 amide bonds. The topological polar surface area (TPSA) is 18.5 Å². The summed E-state index contributed by atoms with van der Waals surface area (Å²) in [6, 6.07) is 8.97. The fourth-order valence-corrected chi connectivity index (χ4v) is 7.03. The smallest absolute Gasteiger partial charge is 0.0325 e. The molecule has 3 nitrogen and oxygen atoms in total. The molecule has 3 fully saturated rings. The van der Waals surface area contributed by atoms with Gasteiger partial charge >= 0.3 is 0 Å². The summed E-state index contributed by atoms with van der Waals surface area (Å²) in [6.07, 6.45) is 26.2. The minimum Gasteiger partial charge on any atom is -0.371 e. The normalized spacial score (nSPS) is 15.9. The van der Waals surface area contributed by atoms with E-state index in [4.69, 9.17) is 0 Å². The van der Waals surface area contributed by atoms with Crippen molar-refractivity contribution in [2.45, 2.75) is 180 Å². The van der Waals surface area contributed by atoms with Crippen LogP contribution in [-0.4, -0.2) is 56.6 Å². The highest BCUT2D eigenvalue weighted by Crippen LogP contribution is 2.29. The molecule has 53 heavy (non-hydrogen) atoms. The zero-order valence-electron chi connectivity index (χ0n) is 38.9. The van der Waals surface area contributed by atoms with Crippen LogP contribution in [-0.2, 0) is 12.8 Å². The van der Waals surface area contributed by atoms with Gasteiger partial charge in [-0.15, -0.1) is 0 Å². The van der Waals surface area contributed by atoms with Gasteiger partial charge in [-0.3, -0.25) is 0 Å². The van der Waals surface area contributed by atoms with Crippen LogP contribution >= 0.6 is 0 Å². The maximum atomic E-state index is 3.94. The molecule has 1 aromatic carbocycles. The molecule has 3 aliphatic rings. The molecule has 1 heterocycles. The quantitative estimate of drug-likeness (QED) is 0.181. The van der Waals surface area contributed by atoms with E-state index in [1.54, 1.807) is 11.1 Å². The van der Waals surface area contributed by atoms with E-state index in [0.717, 1.165) is 42.2 Å². The van der Waals surface area contributed by atoms with Gasteiger partial charge in [-0.2, -0.15) is 0 Å². The minimum absolute atomic E-state index is 0.803. The first-order chi connectivity index (χ1) is 25.7. The van der Waals surface area contributed by atoms with Gasteiger partial charge in [-0.25, -0.2) is 0 Å². The molecule has 1 saturated heterocycles. The molecule has 0 atom stereocenters. The van der Waals surface area contributed by atoms with Crippen LogP contribution in [0.3, 0.4) is 0 Å². The lowest BCUT2D eigenvalue weighted by atomic mass is 9.88. The number of nitrogens with zero attached hydrogens (tertiary/aromatic N) is 2. The van der Waals surface area contributed by atoms with E-state index in [1.807, 2.05) is 69.4 Å². The molecular weight excluding hydrogens is 643 g/mol. The monoisotopic (exact) mass is 740 g/mol. The molecule has 1 aromatic rings. The lowest BCUT2D eigenvalue weighted by Gasteiger charge is -2.43. The van der Waals surface area contributed by atoms with Crippen molar-refractivity contribution in [2.24, 2.45) is 23.7 Å². The summed E-state index contributed by atoms with van der Waals surface area (Å²) < 4.78 is 0. The van der Waals surface area contributed by atoms with Gasteiger partial charge in [0.2, 0.25) is 0 Å². The molecular formula is C50H97N3. The van der Waals surface area contributed by atoms with Crippen LogP contribution in [0.4, 0.5) is 0 Å². The Kier molecular flexibility index (Phi) is 41.7. The summed E-state index contributed by atoms with van der Waals surface area (Å²) >= 11 is 0. The van der Waals surface area contributed by atoms with Crippen molar-refractivity contribution in [3.05, 3.63) is 71.5 Å². The average molecular weight is 740 g/mol. The number of likely N-dealkylation sites (tertiary alicyclic amines) is 1. The van der Waals surface area contributed by atoms with Crippen molar-refractivity contribution >= 4 is 0 Å². The number of hydrogen-bond acceptors (Lipinski definition) is 3. The summed E-state index contributed by atoms with van der Waals surface area (Å²) in [7, 11) is 4.29. The lowest BCUT2D eigenvalue weighted by Crippen LogP contribution is -2.50. The molecule has 1 N–H and O–H groups in total. The van der Waals surface area contributed by atoms with Crippen molar-refractivity contribution in [3.8, 4) is 0 Å². The zero-order chi connectivity index (χ0) is 40.9. The highest BCUT2D eigenvalue weighted by atomic mass is 15.2. The number of likely N-dealkylation sites (N-methyl/N-ethyl adjacent to an activating group) is 1. The molecule has 1 aliphatic heterocycles. The van der Waals surface area contributed by atoms with Gasteiger partial charge in [0.15, 0.2) is 0 Å². The predicted molar refractivity (Wildman–Crippen MR) is 246 cm³/mol. The Labute approximate surface area is 336 Å². The second-order valence-corrected chi connectivity index (χ2v) is 14.8. The zero-order valence-corrected chi connectivity index (χ0v) is 38.9. The molecule has 0 spiro atoms. The maximum absolute atomic E-state index is 3.94. The van der Waals surface area contributed by atoms with Crippen LogP contribution in [0.5, 0.6) is 0 Å². The molecule has 2 aliphatic carbocycles. The van der Waals surface area contributed by atoms with Crippen LogP contribution in [0, 0.1) is 23.7 Å². The van der Waals surface area contributed by atoms with E-state index in [9.17, 15) is 0 Å². The molecule has 0 bridgehead atoms. The highest BCUT2D eigenvalue weighted by molar-refractivity contribution is 5.28. The van der Waals surface area contributed by atoms with Gasteiger partial charge in [0.05, 0.1) is 0 Å². The largest absolute Gasteiger partial charge is 0.371 e. The van der Waals surface area contributed by atoms with Gasteiger partial charge in [-0.05, 0) is 94.7 Å². The van der Waals surface area contributed by atoms with E-state index in [-0.39, 0.29) is 0 Å². The maximum Gasteiger partial charge on any atom is 0.0325 e. The second-order valence-electron chi connectivity index (χ2n) is 14.8. The first-order valence-corrected chi connectivity index (χ1v) is 22.9. The number of hydrogen-bond donors (Lipinski definition) is 1. The standard InChI is InChI=1S/C19H34N2.C15H23N.C8H16.4C2H6/c1-7-8-19(10-9-16(2)3)21-14-18(15-21)13-20(6)12-11-17(4)5;1-16-11-10-14-8-4-5-9-15(14)12-13-6-2-3-7-13;1-2-8-6-4-3-5-7-8;4*1-2/h8-10,17-18H,2,7,11-15H2,1,3-6H3;4-5,8-9,13,16H,2-3,6-7,10-12H2,1H3;8H,2-7H2,1H3;4*1-2H3/b10-9-,19-8+;;;;;;. The van der Waals surface area contributed by atoms with Crippen LogP contribution in [0.1, 0.15) is 178 Å². The van der Waals surface area contributed by atoms with Crippen molar-refractivity contribution in [2.75, 3.05) is 46.8 Å². The number of allylic oxidation sites excluding steroid dienone is 4. The lowest BCUT2D eigenvalue weighted by molar-refractivity contribution is 0.109. The fourth-order valence-electron chi connectivity index (χ4n) is 7.03. The van der Waals surface area contributed by atoms with E-state index in [1.165, 1.54) is 115 Å². The van der Waals surface area contributed by atoms with Gasteiger partial charge < -0.3 is 15.1 Å². The highest BCUT2D eigenvalue weighted by Gasteiger charge is 2.28. The Balaban J connectivity index is -0.000000686. The summed E-state index contributed by atoms with van der Waals surface area (Å²) in [5.74, 6) is 3.66. The van der Waals surface area contributed by atoms with Gasteiger partial charge in [-0.1, -0.05) is 196 Å². The van der Waals surface area contributed by atoms with Crippen molar-refractivity contribution in [3.63, 3.8) is 0 Å². The number of rotatable bonds is 15. The Morgan fingerprint density at radius 2 is 1.34 bits per heavy atom. The summed E-state index contributed by atoms with van der Waals surface area (Å²) in [6.45, 7) is 37.0. The summed E-state index contributed by atoms with van der Waals surface area (Å²) in [4.78, 5) is 4.98. The van der Waals surface area contributed by atoms with Crippen LogP contribution in [0.2, 0.25) is 0 Å². The second kappa shape index (κ2) is 39.8. The summed E-state index contributed by atoms with van der Waals surface area (Å²) in [5.41, 5.74) is 5.61. The van der Waals surface area contributed by atoms with E-state index >= 15 is 0 Å². The van der Waals surface area contributed by atoms with Gasteiger partial charge in [0.25, 0.3) is 0 Å². The summed E-state index contributed by atoms with van der Waals surface area (Å²) in [5, 5.41) is 3.24. The van der Waals surface area contributed by atoms with E-state index in [0.29, 0.717) is 0 Å². The predicted octanol–water partition coefficient (Wildman–Crippen LogP) is 14.6. The first-order valence-electron chi connectivity index (χ1n) is 22.9. The average Bonchev–Trinajstić information content (AvgIpc) is 3.71. The Bertz CT molecular complexity index is 959. The molecule has 0 aromatic heterocycles. The Morgan fingerprint density at radius 3 is 1.81 bits per heavy atom. The van der Waals surface area contributed by atoms with E-state index < -0.39 is 0 Å². The molecule has 2 saturated carbocycles.